The van der Waals surface area contributed by atoms with E-state index in [-0.39, 0.29) is 5.82 Å². The van der Waals surface area contributed by atoms with E-state index in [4.69, 9.17) is 4.74 Å². The van der Waals surface area contributed by atoms with Crippen LogP contribution in [-0.4, -0.2) is 12.0 Å². The van der Waals surface area contributed by atoms with Crippen molar-refractivity contribution in [2.75, 3.05) is 7.05 Å². The van der Waals surface area contributed by atoms with Crippen LogP contribution in [0.15, 0.2) is 40.9 Å². The van der Waals surface area contributed by atoms with E-state index < -0.39 is 0 Å². The van der Waals surface area contributed by atoms with Gasteiger partial charge in [0.1, 0.15) is 11.6 Å². The molecule has 0 aliphatic carbocycles. The molecule has 1 N–H and O–H groups in total. The van der Waals surface area contributed by atoms with E-state index in [1.54, 1.807) is 12.1 Å². The molecular weight excluding hydrogens is 299 g/mol. The van der Waals surface area contributed by atoms with E-state index in [1.807, 2.05) is 19.2 Å². The van der Waals surface area contributed by atoms with Crippen molar-refractivity contribution in [2.45, 2.75) is 6.54 Å². The SMILES string of the molecule is CNCc1cccc(Oc2cc(F)ccc2Br)n1. The lowest BCUT2D eigenvalue weighted by Gasteiger charge is -2.08. The molecule has 0 aliphatic heterocycles. The summed E-state index contributed by atoms with van der Waals surface area (Å²) in [5.74, 6) is 0.498. The molecule has 0 amide bonds. The third-order valence-corrected chi connectivity index (χ3v) is 2.90. The lowest BCUT2D eigenvalue weighted by molar-refractivity contribution is 0.452. The second kappa shape index (κ2) is 5.93. The Morgan fingerprint density at radius 1 is 1.33 bits per heavy atom. The number of hydrogen-bond donors (Lipinski definition) is 1. The van der Waals surface area contributed by atoms with E-state index in [1.165, 1.54) is 12.1 Å². The molecule has 0 radical (unpaired) electrons. The number of hydrogen-bond acceptors (Lipinski definition) is 3. The van der Waals surface area contributed by atoms with Gasteiger partial charge in [-0.1, -0.05) is 6.07 Å². The molecule has 0 spiro atoms. The van der Waals surface area contributed by atoms with Gasteiger partial charge in [-0.2, -0.15) is 0 Å². The normalized spacial score (nSPS) is 10.4. The summed E-state index contributed by atoms with van der Waals surface area (Å²) in [6.45, 7) is 0.654. The molecule has 0 saturated heterocycles. The minimum absolute atomic E-state index is 0.348. The molecule has 1 aromatic heterocycles. The van der Waals surface area contributed by atoms with Crippen molar-refractivity contribution in [3.63, 3.8) is 0 Å². The van der Waals surface area contributed by atoms with Gasteiger partial charge in [0, 0.05) is 18.7 Å². The zero-order chi connectivity index (χ0) is 13.0. The van der Waals surface area contributed by atoms with Crippen LogP contribution in [0.25, 0.3) is 0 Å². The topological polar surface area (TPSA) is 34.1 Å². The predicted octanol–water partition coefficient (Wildman–Crippen LogP) is 3.49. The Morgan fingerprint density at radius 3 is 2.94 bits per heavy atom. The largest absolute Gasteiger partial charge is 0.438 e. The van der Waals surface area contributed by atoms with Gasteiger partial charge in [0.15, 0.2) is 0 Å². The van der Waals surface area contributed by atoms with Gasteiger partial charge in [-0.3, -0.25) is 0 Å². The number of halogens is 2. The lowest BCUT2D eigenvalue weighted by Crippen LogP contribution is -2.06. The summed E-state index contributed by atoms with van der Waals surface area (Å²) in [4.78, 5) is 4.30. The smallest absolute Gasteiger partial charge is 0.219 e. The molecule has 0 saturated carbocycles. The summed E-state index contributed by atoms with van der Waals surface area (Å²) in [5, 5.41) is 3.01. The third kappa shape index (κ3) is 3.27. The van der Waals surface area contributed by atoms with Crippen LogP contribution in [0.1, 0.15) is 5.69 Å². The molecule has 0 atom stereocenters. The van der Waals surface area contributed by atoms with Crippen LogP contribution in [0.3, 0.4) is 0 Å². The Hall–Kier alpha value is -1.46. The van der Waals surface area contributed by atoms with Gasteiger partial charge in [0.05, 0.1) is 10.2 Å². The first-order valence-corrected chi connectivity index (χ1v) is 6.22. The Labute approximate surface area is 113 Å². The molecule has 2 aromatic rings. The van der Waals surface area contributed by atoms with Crippen LogP contribution >= 0.6 is 15.9 Å². The highest BCUT2D eigenvalue weighted by Gasteiger charge is 2.06. The minimum Gasteiger partial charge on any atom is -0.438 e. The van der Waals surface area contributed by atoms with Gasteiger partial charge in [0.25, 0.3) is 0 Å². The van der Waals surface area contributed by atoms with Crippen LogP contribution in [0, 0.1) is 5.82 Å². The molecule has 1 heterocycles. The number of ether oxygens (including phenoxy) is 1. The first kappa shape index (κ1) is 13.0. The van der Waals surface area contributed by atoms with Gasteiger partial charge in [-0.05, 0) is 41.2 Å². The van der Waals surface area contributed by atoms with Gasteiger partial charge in [-0.15, -0.1) is 0 Å². The Kier molecular flexibility index (Phi) is 4.28. The molecule has 94 valence electrons. The summed E-state index contributed by atoms with van der Waals surface area (Å²) >= 11 is 3.31. The zero-order valence-corrected chi connectivity index (χ0v) is 11.4. The van der Waals surface area contributed by atoms with E-state index in [9.17, 15) is 4.39 Å². The number of pyridine rings is 1. The van der Waals surface area contributed by atoms with Crippen molar-refractivity contribution in [1.82, 2.24) is 10.3 Å². The van der Waals surface area contributed by atoms with Crippen LogP contribution < -0.4 is 10.1 Å². The molecule has 5 heteroatoms. The lowest BCUT2D eigenvalue weighted by atomic mass is 10.3. The van der Waals surface area contributed by atoms with Gasteiger partial charge in [-0.25, -0.2) is 9.37 Å². The van der Waals surface area contributed by atoms with Crippen molar-refractivity contribution in [1.29, 1.82) is 0 Å². The molecule has 0 bridgehead atoms. The first-order chi connectivity index (χ1) is 8.69. The van der Waals surface area contributed by atoms with Crippen molar-refractivity contribution in [3.05, 3.63) is 52.4 Å². The summed E-state index contributed by atoms with van der Waals surface area (Å²) < 4.78 is 19.4. The van der Waals surface area contributed by atoms with E-state index in [2.05, 4.69) is 26.2 Å². The first-order valence-electron chi connectivity index (χ1n) is 5.42. The maximum Gasteiger partial charge on any atom is 0.219 e. The van der Waals surface area contributed by atoms with Gasteiger partial charge in [0.2, 0.25) is 5.88 Å². The highest BCUT2D eigenvalue weighted by molar-refractivity contribution is 9.10. The Balaban J connectivity index is 2.22. The number of nitrogens with zero attached hydrogens (tertiary/aromatic N) is 1. The van der Waals surface area contributed by atoms with Gasteiger partial charge < -0.3 is 10.1 Å². The highest BCUT2D eigenvalue weighted by atomic mass is 79.9. The van der Waals surface area contributed by atoms with Crippen LogP contribution in [-0.2, 0) is 6.54 Å². The number of benzene rings is 1. The summed E-state index contributed by atoms with van der Waals surface area (Å²) in [5.41, 5.74) is 0.863. The van der Waals surface area contributed by atoms with Crippen molar-refractivity contribution in [3.8, 4) is 11.6 Å². The molecule has 0 aliphatic rings. The monoisotopic (exact) mass is 310 g/mol. The summed E-state index contributed by atoms with van der Waals surface area (Å²) in [6, 6.07) is 9.75. The van der Waals surface area contributed by atoms with Crippen molar-refractivity contribution < 1.29 is 9.13 Å². The second-order valence-corrected chi connectivity index (χ2v) is 4.53. The van der Waals surface area contributed by atoms with Crippen LogP contribution in [0.2, 0.25) is 0 Å². The van der Waals surface area contributed by atoms with Crippen molar-refractivity contribution in [2.24, 2.45) is 0 Å². The molecule has 18 heavy (non-hydrogen) atoms. The predicted molar refractivity (Wildman–Crippen MR) is 71.2 cm³/mol. The number of nitrogens with one attached hydrogen (secondary N) is 1. The fourth-order valence-electron chi connectivity index (χ4n) is 1.46. The molecule has 0 fully saturated rings. The summed E-state index contributed by atoms with van der Waals surface area (Å²) in [6.07, 6.45) is 0. The quantitative estimate of drug-likeness (QED) is 0.938. The fourth-order valence-corrected chi connectivity index (χ4v) is 1.79. The standard InChI is InChI=1S/C13H12BrFN2O/c1-16-8-10-3-2-4-13(17-10)18-12-7-9(15)5-6-11(12)14/h2-7,16H,8H2,1H3. The number of aromatic nitrogens is 1. The Bertz CT molecular complexity index is 548. The summed E-state index contributed by atoms with van der Waals surface area (Å²) in [7, 11) is 1.85. The Morgan fingerprint density at radius 2 is 2.17 bits per heavy atom. The zero-order valence-electron chi connectivity index (χ0n) is 9.78. The minimum atomic E-state index is -0.348. The second-order valence-electron chi connectivity index (χ2n) is 3.67. The van der Waals surface area contributed by atoms with E-state index >= 15 is 0 Å². The maximum atomic E-state index is 13.1. The van der Waals surface area contributed by atoms with E-state index in [0.29, 0.717) is 22.6 Å². The maximum absolute atomic E-state index is 13.1. The van der Waals surface area contributed by atoms with E-state index in [0.717, 1.165) is 5.69 Å². The molecular formula is C13H12BrFN2O. The van der Waals surface area contributed by atoms with Crippen LogP contribution in [0.5, 0.6) is 11.6 Å². The molecule has 3 nitrogen and oxygen atoms in total. The average Bonchev–Trinajstić information content (AvgIpc) is 2.35. The molecule has 0 unspecified atom stereocenters. The molecule has 2 rings (SSSR count). The van der Waals surface area contributed by atoms with Crippen molar-refractivity contribution >= 4 is 15.9 Å². The third-order valence-electron chi connectivity index (χ3n) is 2.25. The fraction of sp³-hybridized carbons (Fsp3) is 0.154. The molecule has 1 aromatic carbocycles. The average molecular weight is 311 g/mol. The van der Waals surface area contributed by atoms with Crippen LogP contribution in [0.4, 0.5) is 4.39 Å². The number of rotatable bonds is 4. The van der Waals surface area contributed by atoms with Gasteiger partial charge >= 0.3 is 0 Å². The highest BCUT2D eigenvalue weighted by Crippen LogP contribution is 2.29.